The molecule has 0 bridgehead atoms. The molecule has 0 aliphatic carbocycles. The van der Waals surface area contributed by atoms with Crippen molar-refractivity contribution in [2.75, 3.05) is 36.4 Å². The minimum absolute atomic E-state index is 0.195. The quantitative estimate of drug-likeness (QED) is 0.869. The highest BCUT2D eigenvalue weighted by molar-refractivity contribution is 5.73. The van der Waals surface area contributed by atoms with Crippen molar-refractivity contribution >= 4 is 17.1 Å². The Hall–Kier alpha value is -2.07. The Morgan fingerprint density at radius 1 is 1.20 bits per heavy atom. The van der Waals surface area contributed by atoms with Gasteiger partial charge < -0.3 is 15.5 Å². The van der Waals surface area contributed by atoms with Gasteiger partial charge in [-0.05, 0) is 66.6 Å². The fourth-order valence-corrected chi connectivity index (χ4v) is 4.87. The van der Waals surface area contributed by atoms with Crippen LogP contribution in [0.2, 0.25) is 0 Å². The van der Waals surface area contributed by atoms with E-state index in [-0.39, 0.29) is 5.82 Å². The maximum atomic E-state index is 14.2. The van der Waals surface area contributed by atoms with Crippen molar-refractivity contribution in [1.82, 2.24) is 5.32 Å². The van der Waals surface area contributed by atoms with E-state index in [1.54, 1.807) is 6.07 Å². The smallest absolute Gasteiger partial charge is 0.146 e. The number of rotatable bonds is 2. The van der Waals surface area contributed by atoms with E-state index in [2.05, 4.69) is 27.7 Å². The molecule has 0 radical (unpaired) electrons. The summed E-state index contributed by atoms with van der Waals surface area (Å²) < 4.78 is 14.2. The van der Waals surface area contributed by atoms with Crippen molar-refractivity contribution in [3.8, 4) is 0 Å². The summed E-state index contributed by atoms with van der Waals surface area (Å²) in [7, 11) is 0. The summed E-state index contributed by atoms with van der Waals surface area (Å²) in [5, 5.41) is 6.91. The highest BCUT2D eigenvalue weighted by Gasteiger charge is 2.38. The van der Waals surface area contributed by atoms with Crippen LogP contribution in [0.25, 0.3) is 0 Å². The van der Waals surface area contributed by atoms with Crippen LogP contribution < -0.4 is 15.5 Å². The highest BCUT2D eigenvalue weighted by Crippen LogP contribution is 2.46. The molecule has 2 unspecified atom stereocenters. The second-order valence-electron chi connectivity index (χ2n) is 7.76. The van der Waals surface area contributed by atoms with E-state index in [4.69, 9.17) is 0 Å². The topological polar surface area (TPSA) is 27.3 Å². The third-order valence-corrected chi connectivity index (χ3v) is 6.00. The molecule has 2 N–H and O–H groups in total. The molecule has 2 aromatic carbocycles. The van der Waals surface area contributed by atoms with E-state index in [1.165, 1.54) is 36.3 Å². The first-order chi connectivity index (χ1) is 12.2. The Labute approximate surface area is 148 Å². The summed E-state index contributed by atoms with van der Waals surface area (Å²) in [5.74, 6) is 1.09. The Morgan fingerprint density at radius 2 is 2.12 bits per heavy atom. The molecule has 5 rings (SSSR count). The van der Waals surface area contributed by atoms with Gasteiger partial charge in [-0.2, -0.15) is 0 Å². The number of nitrogens with zero attached hydrogens (tertiary/aromatic N) is 1. The third kappa shape index (κ3) is 2.51. The van der Waals surface area contributed by atoms with Gasteiger partial charge in [0.25, 0.3) is 0 Å². The van der Waals surface area contributed by atoms with E-state index < -0.39 is 0 Å². The van der Waals surface area contributed by atoms with Crippen LogP contribution in [0, 0.1) is 18.7 Å². The van der Waals surface area contributed by atoms with Crippen molar-refractivity contribution in [3.63, 3.8) is 0 Å². The lowest BCUT2D eigenvalue weighted by molar-refractivity contribution is 0.470. The molecule has 130 valence electrons. The van der Waals surface area contributed by atoms with Gasteiger partial charge in [0.05, 0.1) is 5.69 Å². The molecule has 25 heavy (non-hydrogen) atoms. The van der Waals surface area contributed by atoms with Gasteiger partial charge in [-0.3, -0.25) is 0 Å². The molecule has 0 saturated carbocycles. The van der Waals surface area contributed by atoms with Crippen LogP contribution >= 0.6 is 0 Å². The van der Waals surface area contributed by atoms with Crippen LogP contribution in [0.1, 0.15) is 29.0 Å². The maximum absolute atomic E-state index is 14.2. The first-order valence-electron chi connectivity index (χ1n) is 9.35. The van der Waals surface area contributed by atoms with Gasteiger partial charge in [-0.15, -0.1) is 0 Å². The van der Waals surface area contributed by atoms with Gasteiger partial charge in [-0.25, -0.2) is 4.39 Å². The molecule has 1 fully saturated rings. The largest absolute Gasteiger partial charge is 0.371 e. The number of halogens is 1. The van der Waals surface area contributed by atoms with Crippen molar-refractivity contribution < 1.29 is 4.39 Å². The molecule has 0 amide bonds. The zero-order chi connectivity index (χ0) is 17.0. The van der Waals surface area contributed by atoms with Crippen molar-refractivity contribution in [2.24, 2.45) is 5.92 Å². The predicted molar refractivity (Wildman–Crippen MR) is 100 cm³/mol. The van der Waals surface area contributed by atoms with Crippen LogP contribution in [0.4, 0.5) is 21.5 Å². The minimum Gasteiger partial charge on any atom is -0.371 e. The third-order valence-electron chi connectivity index (χ3n) is 6.00. The summed E-state index contributed by atoms with van der Waals surface area (Å²) in [5.41, 5.74) is 6.99. The van der Waals surface area contributed by atoms with Gasteiger partial charge in [0.15, 0.2) is 0 Å². The molecule has 2 aromatic rings. The molecule has 0 spiro atoms. The zero-order valence-corrected chi connectivity index (χ0v) is 14.6. The average molecular weight is 337 g/mol. The highest BCUT2D eigenvalue weighted by atomic mass is 19.1. The Balaban J connectivity index is 1.58. The molecule has 0 aromatic heterocycles. The molecule has 4 heteroatoms. The number of fused-ring (bicyclic) bond motifs is 2. The average Bonchev–Trinajstić information content (AvgIpc) is 3.07. The first kappa shape index (κ1) is 15.2. The number of hydrogen-bond acceptors (Lipinski definition) is 3. The number of hydrogen-bond donors (Lipinski definition) is 2. The van der Waals surface area contributed by atoms with Gasteiger partial charge in [0, 0.05) is 43.5 Å². The summed E-state index contributed by atoms with van der Waals surface area (Å²) in [6, 6.07) is 9.73. The van der Waals surface area contributed by atoms with Crippen LogP contribution in [-0.2, 0) is 6.42 Å². The zero-order valence-electron chi connectivity index (χ0n) is 14.6. The van der Waals surface area contributed by atoms with E-state index >= 15 is 0 Å². The second-order valence-corrected chi connectivity index (χ2v) is 7.76. The molecule has 3 nitrogen and oxygen atoms in total. The fraction of sp³-hybridized carbons (Fsp3) is 0.429. The maximum Gasteiger partial charge on any atom is 0.146 e. The van der Waals surface area contributed by atoms with Gasteiger partial charge in [0.1, 0.15) is 5.82 Å². The number of nitrogens with one attached hydrogen (secondary N) is 2. The normalized spacial score (nSPS) is 24.0. The summed E-state index contributed by atoms with van der Waals surface area (Å²) in [4.78, 5) is 2.58. The molecule has 3 aliphatic rings. The predicted octanol–water partition coefficient (Wildman–Crippen LogP) is 3.95. The van der Waals surface area contributed by atoms with Crippen molar-refractivity contribution in [3.05, 3.63) is 52.8 Å². The van der Waals surface area contributed by atoms with Crippen molar-refractivity contribution in [2.45, 2.75) is 25.7 Å². The second kappa shape index (κ2) is 5.73. The lowest BCUT2D eigenvalue weighted by Gasteiger charge is -2.42. The SMILES string of the molecule is Cc1ccc(F)c(Nc2cc3c4c(c2)C2CNCC2CN4CCC3)c1. The van der Waals surface area contributed by atoms with E-state index in [1.807, 2.05) is 19.1 Å². The fourth-order valence-electron chi connectivity index (χ4n) is 4.87. The summed E-state index contributed by atoms with van der Waals surface area (Å²) in [6.45, 7) is 6.51. The number of aryl methyl sites for hydroxylation is 2. The standard InChI is InChI=1S/C21H24FN3/c1-13-4-5-19(22)20(7-13)24-16-8-14-3-2-6-25-12-15-10-23-11-18(15)17(9-16)21(14)25/h4-5,7-9,15,18,23-24H,2-3,6,10-12H2,1H3. The Morgan fingerprint density at radius 3 is 3.04 bits per heavy atom. The van der Waals surface area contributed by atoms with Crippen LogP contribution in [0.5, 0.6) is 0 Å². The van der Waals surface area contributed by atoms with Gasteiger partial charge in [0.2, 0.25) is 0 Å². The summed E-state index contributed by atoms with van der Waals surface area (Å²) in [6.07, 6.45) is 2.33. The van der Waals surface area contributed by atoms with E-state index in [0.29, 0.717) is 17.5 Å². The Bertz CT molecular complexity index is 832. The molecular weight excluding hydrogens is 313 g/mol. The van der Waals surface area contributed by atoms with Crippen LogP contribution in [0.3, 0.4) is 0 Å². The lowest BCUT2D eigenvalue weighted by atomic mass is 9.80. The van der Waals surface area contributed by atoms with Gasteiger partial charge in [-0.1, -0.05) is 6.07 Å². The van der Waals surface area contributed by atoms with Crippen LogP contribution in [-0.4, -0.2) is 26.2 Å². The molecule has 1 saturated heterocycles. The number of benzene rings is 2. The van der Waals surface area contributed by atoms with Gasteiger partial charge >= 0.3 is 0 Å². The summed E-state index contributed by atoms with van der Waals surface area (Å²) >= 11 is 0. The monoisotopic (exact) mass is 337 g/mol. The van der Waals surface area contributed by atoms with Crippen molar-refractivity contribution in [1.29, 1.82) is 0 Å². The number of anilines is 3. The lowest BCUT2D eigenvalue weighted by Crippen LogP contribution is -2.41. The molecule has 3 aliphatic heterocycles. The molecular formula is C21H24FN3. The van der Waals surface area contributed by atoms with Crippen LogP contribution in [0.15, 0.2) is 30.3 Å². The molecule has 2 atom stereocenters. The molecule has 3 heterocycles. The minimum atomic E-state index is -0.195. The van der Waals surface area contributed by atoms with E-state index in [0.717, 1.165) is 30.8 Å². The Kier molecular flexibility index (Phi) is 3.49. The first-order valence-corrected chi connectivity index (χ1v) is 9.35. The van der Waals surface area contributed by atoms with E-state index in [9.17, 15) is 4.39 Å².